The zero-order chi connectivity index (χ0) is 17.8. The second-order valence-corrected chi connectivity index (χ2v) is 5.74. The Kier molecular flexibility index (Phi) is 4.88. The first-order chi connectivity index (χ1) is 12.1. The highest BCUT2D eigenvalue weighted by molar-refractivity contribution is 6.04. The van der Waals surface area contributed by atoms with Crippen LogP contribution in [0.3, 0.4) is 0 Å². The third-order valence-corrected chi connectivity index (χ3v) is 3.95. The first-order valence-corrected chi connectivity index (χ1v) is 8.10. The quantitative estimate of drug-likeness (QED) is 0.725. The molecule has 6 nitrogen and oxygen atoms in total. The van der Waals surface area contributed by atoms with Crippen molar-refractivity contribution >= 4 is 11.8 Å². The molecule has 3 aromatic rings. The highest BCUT2D eigenvalue weighted by atomic mass is 16.5. The molecule has 25 heavy (non-hydrogen) atoms. The SMILES string of the molecule is CCc1c(C)noc1NC(=O)c1ccoc1COc1ccc(C)cc1. The van der Waals surface area contributed by atoms with E-state index in [0.717, 1.165) is 23.2 Å². The van der Waals surface area contributed by atoms with E-state index in [1.165, 1.54) is 6.26 Å². The van der Waals surface area contributed by atoms with Gasteiger partial charge in [0.1, 0.15) is 12.4 Å². The Bertz CT molecular complexity index is 862. The normalized spacial score (nSPS) is 10.7. The van der Waals surface area contributed by atoms with Crippen LogP contribution >= 0.6 is 0 Å². The first kappa shape index (κ1) is 16.8. The van der Waals surface area contributed by atoms with Crippen molar-refractivity contribution in [1.29, 1.82) is 0 Å². The molecule has 2 heterocycles. The van der Waals surface area contributed by atoms with E-state index >= 15 is 0 Å². The number of rotatable bonds is 6. The summed E-state index contributed by atoms with van der Waals surface area (Å²) < 4.78 is 16.3. The number of nitrogens with zero attached hydrogens (tertiary/aromatic N) is 1. The molecule has 0 radical (unpaired) electrons. The average molecular weight is 340 g/mol. The van der Waals surface area contributed by atoms with Crippen molar-refractivity contribution < 1.29 is 18.5 Å². The van der Waals surface area contributed by atoms with Crippen LogP contribution in [0.25, 0.3) is 0 Å². The lowest BCUT2D eigenvalue weighted by molar-refractivity contribution is 0.101. The van der Waals surface area contributed by atoms with Gasteiger partial charge >= 0.3 is 0 Å². The summed E-state index contributed by atoms with van der Waals surface area (Å²) >= 11 is 0. The van der Waals surface area contributed by atoms with Gasteiger partial charge in [-0.1, -0.05) is 29.8 Å². The Hall–Kier alpha value is -3.02. The molecule has 0 unspecified atom stereocenters. The van der Waals surface area contributed by atoms with Crippen molar-refractivity contribution in [2.75, 3.05) is 5.32 Å². The Labute approximate surface area is 145 Å². The van der Waals surface area contributed by atoms with Crippen molar-refractivity contribution in [3.8, 4) is 5.75 Å². The van der Waals surface area contributed by atoms with Crippen LogP contribution in [0.15, 0.2) is 45.5 Å². The number of carbonyl (C=O) groups is 1. The number of carbonyl (C=O) groups excluding carboxylic acids is 1. The fraction of sp³-hybridized carbons (Fsp3) is 0.263. The molecule has 1 N–H and O–H groups in total. The zero-order valence-corrected chi connectivity index (χ0v) is 14.5. The topological polar surface area (TPSA) is 77.5 Å². The van der Waals surface area contributed by atoms with E-state index in [4.69, 9.17) is 13.7 Å². The summed E-state index contributed by atoms with van der Waals surface area (Å²) in [7, 11) is 0. The van der Waals surface area contributed by atoms with E-state index in [-0.39, 0.29) is 12.5 Å². The lowest BCUT2D eigenvalue weighted by Crippen LogP contribution is -2.14. The van der Waals surface area contributed by atoms with Crippen LogP contribution in [0.1, 0.15) is 39.9 Å². The maximum atomic E-state index is 12.5. The minimum Gasteiger partial charge on any atom is -0.486 e. The number of hydrogen-bond donors (Lipinski definition) is 1. The van der Waals surface area contributed by atoms with Crippen LogP contribution in [-0.4, -0.2) is 11.1 Å². The van der Waals surface area contributed by atoms with Crippen molar-refractivity contribution in [2.45, 2.75) is 33.8 Å². The number of benzene rings is 1. The second kappa shape index (κ2) is 7.25. The fourth-order valence-corrected chi connectivity index (χ4v) is 2.51. The van der Waals surface area contributed by atoms with Gasteiger partial charge in [-0.25, -0.2) is 0 Å². The number of aromatic nitrogens is 1. The van der Waals surface area contributed by atoms with Gasteiger partial charge in [0.2, 0.25) is 5.88 Å². The molecule has 1 amide bonds. The smallest absolute Gasteiger partial charge is 0.261 e. The molecule has 0 aliphatic rings. The molecule has 0 aliphatic heterocycles. The number of aryl methyl sites for hydroxylation is 2. The van der Waals surface area contributed by atoms with Crippen molar-refractivity contribution in [3.63, 3.8) is 0 Å². The average Bonchev–Trinajstić information content (AvgIpc) is 3.21. The molecule has 6 heteroatoms. The predicted molar refractivity (Wildman–Crippen MR) is 92.8 cm³/mol. The third kappa shape index (κ3) is 3.74. The Morgan fingerprint density at radius 1 is 1.20 bits per heavy atom. The van der Waals surface area contributed by atoms with Crippen LogP contribution < -0.4 is 10.1 Å². The number of nitrogens with one attached hydrogen (secondary N) is 1. The van der Waals surface area contributed by atoms with Gasteiger partial charge < -0.3 is 13.7 Å². The summed E-state index contributed by atoms with van der Waals surface area (Å²) in [5, 5.41) is 6.64. The molecule has 1 aromatic carbocycles. The van der Waals surface area contributed by atoms with Gasteiger partial charge in [0, 0.05) is 5.56 Å². The molecule has 0 saturated heterocycles. The van der Waals surface area contributed by atoms with Crippen LogP contribution in [0, 0.1) is 13.8 Å². The van der Waals surface area contributed by atoms with E-state index in [9.17, 15) is 4.79 Å². The maximum absolute atomic E-state index is 12.5. The van der Waals surface area contributed by atoms with E-state index in [0.29, 0.717) is 23.0 Å². The minimum atomic E-state index is -0.317. The Morgan fingerprint density at radius 2 is 1.96 bits per heavy atom. The van der Waals surface area contributed by atoms with Gasteiger partial charge in [-0.15, -0.1) is 0 Å². The molecule has 0 fully saturated rings. The molecule has 0 spiro atoms. The summed E-state index contributed by atoms with van der Waals surface area (Å²) in [4.78, 5) is 12.5. The zero-order valence-electron chi connectivity index (χ0n) is 14.5. The summed E-state index contributed by atoms with van der Waals surface area (Å²) in [5.41, 5.74) is 3.21. The highest BCUT2D eigenvalue weighted by Crippen LogP contribution is 2.22. The minimum absolute atomic E-state index is 0.162. The van der Waals surface area contributed by atoms with E-state index in [1.54, 1.807) is 6.07 Å². The van der Waals surface area contributed by atoms with Gasteiger partial charge in [0.05, 0.1) is 17.5 Å². The van der Waals surface area contributed by atoms with E-state index in [2.05, 4.69) is 10.5 Å². The summed E-state index contributed by atoms with van der Waals surface area (Å²) in [6.07, 6.45) is 2.19. The Balaban J connectivity index is 1.70. The van der Waals surface area contributed by atoms with Crippen LogP contribution in [-0.2, 0) is 13.0 Å². The molecule has 2 aromatic heterocycles. The molecule has 3 rings (SSSR count). The lowest BCUT2D eigenvalue weighted by Gasteiger charge is -2.07. The van der Waals surface area contributed by atoms with Crippen molar-refractivity contribution in [3.05, 3.63) is 64.7 Å². The molecule has 0 saturated carbocycles. The maximum Gasteiger partial charge on any atom is 0.261 e. The highest BCUT2D eigenvalue weighted by Gasteiger charge is 2.19. The van der Waals surface area contributed by atoms with Gasteiger partial charge in [-0.3, -0.25) is 10.1 Å². The first-order valence-electron chi connectivity index (χ1n) is 8.10. The summed E-state index contributed by atoms with van der Waals surface area (Å²) in [6.45, 7) is 5.99. The van der Waals surface area contributed by atoms with E-state index in [1.807, 2.05) is 45.0 Å². The van der Waals surface area contributed by atoms with Crippen molar-refractivity contribution in [1.82, 2.24) is 5.16 Å². The van der Waals surface area contributed by atoms with Crippen LogP contribution in [0.5, 0.6) is 5.75 Å². The van der Waals surface area contributed by atoms with Gasteiger partial charge in [0.25, 0.3) is 5.91 Å². The number of amides is 1. The molecule has 130 valence electrons. The molecule has 0 aliphatic carbocycles. The lowest BCUT2D eigenvalue weighted by atomic mass is 10.2. The van der Waals surface area contributed by atoms with Crippen LogP contribution in [0.4, 0.5) is 5.88 Å². The summed E-state index contributed by atoms with van der Waals surface area (Å²) in [6, 6.07) is 9.29. The monoisotopic (exact) mass is 340 g/mol. The van der Waals surface area contributed by atoms with Gasteiger partial charge in [-0.05, 0) is 38.5 Å². The van der Waals surface area contributed by atoms with Crippen molar-refractivity contribution in [2.24, 2.45) is 0 Å². The number of hydrogen-bond acceptors (Lipinski definition) is 5. The number of anilines is 1. The third-order valence-electron chi connectivity index (χ3n) is 3.95. The summed E-state index contributed by atoms with van der Waals surface area (Å²) in [5.74, 6) is 1.22. The Morgan fingerprint density at radius 3 is 2.68 bits per heavy atom. The molecular weight excluding hydrogens is 320 g/mol. The second-order valence-electron chi connectivity index (χ2n) is 5.74. The predicted octanol–water partition coefficient (Wildman–Crippen LogP) is 4.28. The standard InChI is InChI=1S/C19H20N2O4/c1-4-15-13(3)21-25-19(15)20-18(22)16-9-10-23-17(16)11-24-14-7-5-12(2)6-8-14/h5-10H,4,11H2,1-3H3,(H,20,22). The van der Waals surface area contributed by atoms with Gasteiger partial charge in [-0.2, -0.15) is 0 Å². The number of ether oxygens (including phenoxy) is 1. The number of furan rings is 1. The largest absolute Gasteiger partial charge is 0.486 e. The van der Waals surface area contributed by atoms with Crippen LogP contribution in [0.2, 0.25) is 0 Å². The molecule has 0 bridgehead atoms. The van der Waals surface area contributed by atoms with Gasteiger partial charge in [0.15, 0.2) is 5.76 Å². The van der Waals surface area contributed by atoms with E-state index < -0.39 is 0 Å². The molecule has 0 atom stereocenters. The fourth-order valence-electron chi connectivity index (χ4n) is 2.51. The molecular formula is C19H20N2O4.